The Morgan fingerprint density at radius 1 is 1.40 bits per heavy atom. The van der Waals surface area contributed by atoms with E-state index in [4.69, 9.17) is 4.74 Å². The number of rotatable bonds is 6. The van der Waals surface area contributed by atoms with Crippen LogP contribution in [0.15, 0.2) is 6.07 Å². The number of anilines is 2. The fourth-order valence-electron chi connectivity index (χ4n) is 2.58. The van der Waals surface area contributed by atoms with Crippen LogP contribution >= 0.6 is 0 Å². The second kappa shape index (κ2) is 7.43. The van der Waals surface area contributed by atoms with E-state index in [1.807, 2.05) is 6.92 Å². The summed E-state index contributed by atoms with van der Waals surface area (Å²) in [4.78, 5) is 11.3. The van der Waals surface area contributed by atoms with Crippen LogP contribution < -0.4 is 10.2 Å². The normalized spacial score (nSPS) is 19.1. The van der Waals surface area contributed by atoms with Gasteiger partial charge in [0.25, 0.3) is 0 Å². The lowest BCUT2D eigenvalue weighted by molar-refractivity contribution is 0.0525. The molecule has 0 aliphatic carbocycles. The molecule has 5 nitrogen and oxygen atoms in total. The molecule has 1 aromatic rings. The molecule has 20 heavy (non-hydrogen) atoms. The highest BCUT2D eigenvalue weighted by molar-refractivity contribution is 5.49. The van der Waals surface area contributed by atoms with Crippen LogP contribution in [0.4, 0.5) is 11.6 Å². The maximum atomic E-state index is 5.76. The first kappa shape index (κ1) is 15.0. The quantitative estimate of drug-likeness (QED) is 0.867. The van der Waals surface area contributed by atoms with E-state index in [2.05, 4.69) is 40.1 Å². The molecule has 1 fully saturated rings. The van der Waals surface area contributed by atoms with Crippen LogP contribution in [0.1, 0.15) is 38.9 Å². The first-order valence-electron chi connectivity index (χ1n) is 7.69. The van der Waals surface area contributed by atoms with Gasteiger partial charge < -0.3 is 15.0 Å². The van der Waals surface area contributed by atoms with Gasteiger partial charge >= 0.3 is 0 Å². The molecule has 0 radical (unpaired) electrons. The van der Waals surface area contributed by atoms with Gasteiger partial charge in [0, 0.05) is 32.3 Å². The third-order valence-corrected chi connectivity index (χ3v) is 3.49. The SMILES string of the molecule is CCCNc1cc(N2CCCC(OCC)C2)nc(C)n1. The van der Waals surface area contributed by atoms with Gasteiger partial charge in [0.2, 0.25) is 0 Å². The lowest BCUT2D eigenvalue weighted by atomic mass is 10.1. The minimum Gasteiger partial charge on any atom is -0.377 e. The molecule has 0 spiro atoms. The monoisotopic (exact) mass is 278 g/mol. The zero-order chi connectivity index (χ0) is 14.4. The molecule has 1 aromatic heterocycles. The van der Waals surface area contributed by atoms with Gasteiger partial charge in [-0.25, -0.2) is 9.97 Å². The van der Waals surface area contributed by atoms with E-state index < -0.39 is 0 Å². The van der Waals surface area contributed by atoms with Gasteiger partial charge in [-0.15, -0.1) is 0 Å². The summed E-state index contributed by atoms with van der Waals surface area (Å²) in [5.74, 6) is 2.76. The van der Waals surface area contributed by atoms with Crippen LogP contribution in [-0.4, -0.2) is 42.3 Å². The van der Waals surface area contributed by atoms with Gasteiger partial charge in [0.15, 0.2) is 0 Å². The summed E-state index contributed by atoms with van der Waals surface area (Å²) in [5.41, 5.74) is 0. The Kier molecular flexibility index (Phi) is 5.59. The van der Waals surface area contributed by atoms with Crippen LogP contribution in [-0.2, 0) is 4.74 Å². The van der Waals surface area contributed by atoms with Crippen molar-refractivity contribution in [2.24, 2.45) is 0 Å². The van der Waals surface area contributed by atoms with Crippen molar-refractivity contribution < 1.29 is 4.74 Å². The summed E-state index contributed by atoms with van der Waals surface area (Å²) in [6.07, 6.45) is 3.73. The number of nitrogens with one attached hydrogen (secondary N) is 1. The lowest BCUT2D eigenvalue weighted by Gasteiger charge is -2.33. The van der Waals surface area contributed by atoms with Crippen molar-refractivity contribution in [2.75, 3.05) is 36.5 Å². The Morgan fingerprint density at radius 3 is 3.00 bits per heavy atom. The van der Waals surface area contributed by atoms with Crippen LogP contribution in [0.25, 0.3) is 0 Å². The van der Waals surface area contributed by atoms with Gasteiger partial charge in [-0.05, 0) is 33.1 Å². The number of aromatic nitrogens is 2. The highest BCUT2D eigenvalue weighted by Crippen LogP contribution is 2.21. The first-order valence-corrected chi connectivity index (χ1v) is 7.69. The maximum absolute atomic E-state index is 5.76. The molecular weight excluding hydrogens is 252 g/mol. The summed E-state index contributed by atoms with van der Waals surface area (Å²) in [6.45, 7) is 9.86. The molecule has 112 valence electrons. The highest BCUT2D eigenvalue weighted by atomic mass is 16.5. The average molecular weight is 278 g/mol. The number of piperidine rings is 1. The zero-order valence-corrected chi connectivity index (χ0v) is 12.9. The van der Waals surface area contributed by atoms with Gasteiger partial charge in [0.05, 0.1) is 6.10 Å². The van der Waals surface area contributed by atoms with Crippen LogP contribution in [0.5, 0.6) is 0 Å². The third-order valence-electron chi connectivity index (χ3n) is 3.49. The molecule has 1 saturated heterocycles. The zero-order valence-electron chi connectivity index (χ0n) is 12.9. The Balaban J connectivity index is 2.08. The van der Waals surface area contributed by atoms with Gasteiger partial charge in [-0.2, -0.15) is 0 Å². The summed E-state index contributed by atoms with van der Waals surface area (Å²) in [6, 6.07) is 2.05. The van der Waals surface area contributed by atoms with Gasteiger partial charge in [-0.1, -0.05) is 6.92 Å². The highest BCUT2D eigenvalue weighted by Gasteiger charge is 2.21. The fourth-order valence-corrected chi connectivity index (χ4v) is 2.58. The van der Waals surface area contributed by atoms with Crippen molar-refractivity contribution in [3.05, 3.63) is 11.9 Å². The molecule has 1 atom stereocenters. The molecule has 1 aliphatic rings. The number of ether oxygens (including phenoxy) is 1. The van der Waals surface area contributed by atoms with Gasteiger partial charge in [0.1, 0.15) is 17.5 Å². The van der Waals surface area contributed by atoms with E-state index in [9.17, 15) is 0 Å². The lowest BCUT2D eigenvalue weighted by Crippen LogP contribution is -2.40. The molecule has 1 aliphatic heterocycles. The van der Waals surface area contributed by atoms with Crippen molar-refractivity contribution in [2.45, 2.75) is 46.1 Å². The smallest absolute Gasteiger partial charge is 0.134 e. The van der Waals surface area contributed by atoms with E-state index in [1.54, 1.807) is 0 Å². The first-order chi connectivity index (χ1) is 9.72. The molecule has 5 heteroatoms. The molecule has 0 saturated carbocycles. The number of nitrogens with zero attached hydrogens (tertiary/aromatic N) is 3. The molecule has 0 amide bonds. The van der Waals surface area contributed by atoms with Gasteiger partial charge in [-0.3, -0.25) is 0 Å². The Bertz CT molecular complexity index is 422. The predicted octanol–water partition coefficient (Wildman–Crippen LogP) is 2.61. The van der Waals surface area contributed by atoms with Crippen molar-refractivity contribution in [3.63, 3.8) is 0 Å². The van der Waals surface area contributed by atoms with Crippen LogP contribution in [0, 0.1) is 6.92 Å². The fraction of sp³-hybridized carbons (Fsp3) is 0.733. The molecule has 0 aromatic carbocycles. The minimum atomic E-state index is 0.330. The average Bonchev–Trinajstić information content (AvgIpc) is 2.45. The molecule has 2 rings (SSSR count). The summed E-state index contributed by atoms with van der Waals surface area (Å²) >= 11 is 0. The Hall–Kier alpha value is -1.36. The molecular formula is C15H26N4O. The van der Waals surface area contributed by atoms with E-state index in [0.29, 0.717) is 6.10 Å². The number of hydrogen-bond acceptors (Lipinski definition) is 5. The van der Waals surface area contributed by atoms with Crippen molar-refractivity contribution >= 4 is 11.6 Å². The Labute approximate surface area is 121 Å². The van der Waals surface area contributed by atoms with E-state index in [1.165, 1.54) is 0 Å². The standard InChI is InChI=1S/C15H26N4O/c1-4-8-16-14-10-15(18-12(3)17-14)19-9-6-7-13(11-19)20-5-2/h10,13H,4-9,11H2,1-3H3,(H,16,17,18). The largest absolute Gasteiger partial charge is 0.377 e. The van der Waals surface area contributed by atoms with Crippen molar-refractivity contribution in [1.82, 2.24) is 9.97 Å². The third kappa shape index (κ3) is 4.07. The second-order valence-corrected chi connectivity index (χ2v) is 5.25. The molecule has 0 bridgehead atoms. The predicted molar refractivity (Wildman–Crippen MR) is 82.4 cm³/mol. The van der Waals surface area contributed by atoms with E-state index in [0.717, 1.165) is 63.0 Å². The van der Waals surface area contributed by atoms with Crippen LogP contribution in [0.3, 0.4) is 0 Å². The van der Waals surface area contributed by atoms with E-state index >= 15 is 0 Å². The van der Waals surface area contributed by atoms with E-state index in [-0.39, 0.29) is 0 Å². The molecule has 1 unspecified atom stereocenters. The second-order valence-electron chi connectivity index (χ2n) is 5.25. The van der Waals surface area contributed by atoms with Crippen molar-refractivity contribution in [3.8, 4) is 0 Å². The molecule has 2 heterocycles. The minimum absolute atomic E-state index is 0.330. The number of hydrogen-bond donors (Lipinski definition) is 1. The van der Waals surface area contributed by atoms with Crippen molar-refractivity contribution in [1.29, 1.82) is 0 Å². The number of aryl methyl sites for hydroxylation is 1. The van der Waals surface area contributed by atoms with Crippen LogP contribution in [0.2, 0.25) is 0 Å². The summed E-state index contributed by atoms with van der Waals surface area (Å²) in [5, 5.41) is 3.34. The maximum Gasteiger partial charge on any atom is 0.134 e. The summed E-state index contributed by atoms with van der Waals surface area (Å²) in [7, 11) is 0. The summed E-state index contributed by atoms with van der Waals surface area (Å²) < 4.78 is 5.76. The Morgan fingerprint density at radius 2 is 2.25 bits per heavy atom. The molecule has 1 N–H and O–H groups in total. The topological polar surface area (TPSA) is 50.3 Å².